The van der Waals surface area contributed by atoms with Gasteiger partial charge in [0, 0.05) is 11.1 Å². The summed E-state index contributed by atoms with van der Waals surface area (Å²) in [5.74, 6) is 0. The first kappa shape index (κ1) is 11.0. The van der Waals surface area contributed by atoms with Gasteiger partial charge in [-0.3, -0.25) is 0 Å². The molecule has 1 saturated carbocycles. The number of hydrogen-bond acceptors (Lipinski definition) is 1. The summed E-state index contributed by atoms with van der Waals surface area (Å²) in [6, 6.07) is 6.35. The molecule has 0 bridgehead atoms. The molecule has 0 aliphatic heterocycles. The second-order valence-electron chi connectivity index (χ2n) is 4.99. The van der Waals surface area contributed by atoms with E-state index in [0.29, 0.717) is 5.41 Å². The monoisotopic (exact) mass is 223 g/mol. The highest BCUT2D eigenvalue weighted by Crippen LogP contribution is 2.48. The predicted octanol–water partition coefficient (Wildman–Crippen LogP) is 3.32. The van der Waals surface area contributed by atoms with Gasteiger partial charge in [0.1, 0.15) is 0 Å². The maximum absolute atomic E-state index is 6.22. The number of rotatable bonds is 3. The number of halogens is 1. The molecule has 2 rings (SSSR count). The molecule has 2 heteroatoms. The molecule has 0 spiro atoms. The Bertz CT molecular complexity index is 369. The molecule has 0 heterocycles. The van der Waals surface area contributed by atoms with E-state index in [1.54, 1.807) is 0 Å². The molecule has 1 atom stereocenters. The van der Waals surface area contributed by atoms with Gasteiger partial charge in [0.2, 0.25) is 0 Å². The molecule has 1 aromatic carbocycles. The first-order valence-corrected chi connectivity index (χ1v) is 5.90. The maximum Gasteiger partial charge on any atom is 0.0437 e. The minimum atomic E-state index is 0.273. The summed E-state index contributed by atoms with van der Waals surface area (Å²) in [7, 11) is 0. The molecule has 1 aliphatic rings. The van der Waals surface area contributed by atoms with Gasteiger partial charge in [-0.2, -0.15) is 0 Å². The lowest BCUT2D eigenvalue weighted by molar-refractivity contribution is 0.432. The van der Waals surface area contributed by atoms with Gasteiger partial charge in [-0.15, -0.1) is 0 Å². The van der Waals surface area contributed by atoms with Crippen LogP contribution in [0, 0.1) is 12.3 Å². The van der Waals surface area contributed by atoms with Gasteiger partial charge in [0.15, 0.2) is 0 Å². The summed E-state index contributed by atoms with van der Waals surface area (Å²) in [5.41, 5.74) is 9.08. The predicted molar refractivity (Wildman–Crippen MR) is 65.2 cm³/mol. The van der Waals surface area contributed by atoms with Crippen molar-refractivity contribution in [2.75, 3.05) is 0 Å². The van der Waals surface area contributed by atoms with Crippen molar-refractivity contribution in [3.63, 3.8) is 0 Å². The van der Waals surface area contributed by atoms with Crippen molar-refractivity contribution in [1.29, 1.82) is 0 Å². The Morgan fingerprint density at radius 2 is 2.13 bits per heavy atom. The second-order valence-corrected chi connectivity index (χ2v) is 5.40. The Balaban J connectivity index is 2.14. The highest BCUT2D eigenvalue weighted by Gasteiger charge is 2.42. The van der Waals surface area contributed by atoms with Gasteiger partial charge in [-0.05, 0) is 48.8 Å². The third kappa shape index (κ3) is 2.19. The Labute approximate surface area is 96.6 Å². The quantitative estimate of drug-likeness (QED) is 0.836. The van der Waals surface area contributed by atoms with Crippen LogP contribution >= 0.6 is 11.6 Å². The van der Waals surface area contributed by atoms with Crippen LogP contribution in [0.25, 0.3) is 0 Å². The highest BCUT2D eigenvalue weighted by atomic mass is 35.5. The standard InChI is InChI=1S/C13H18ClN/c1-9-10(4-3-5-11(9)14)8-12(15)13(2)6-7-13/h3-5,12H,6-8,15H2,1-2H3. The van der Waals surface area contributed by atoms with Gasteiger partial charge in [0.05, 0.1) is 0 Å². The molecule has 0 amide bonds. The van der Waals surface area contributed by atoms with Crippen molar-refractivity contribution < 1.29 is 0 Å². The van der Waals surface area contributed by atoms with Crippen molar-refractivity contribution in [2.45, 2.75) is 39.2 Å². The first-order valence-electron chi connectivity index (χ1n) is 5.52. The molecule has 0 saturated heterocycles. The summed E-state index contributed by atoms with van der Waals surface area (Å²) in [4.78, 5) is 0. The lowest BCUT2D eigenvalue weighted by atomic mass is 9.91. The third-order valence-electron chi connectivity index (χ3n) is 3.75. The molecule has 1 aliphatic carbocycles. The van der Waals surface area contributed by atoms with Crippen molar-refractivity contribution in [3.05, 3.63) is 34.3 Å². The van der Waals surface area contributed by atoms with Crippen molar-refractivity contribution in [2.24, 2.45) is 11.1 Å². The molecular formula is C13H18ClN. The van der Waals surface area contributed by atoms with Gasteiger partial charge in [-0.1, -0.05) is 30.7 Å². The molecule has 1 nitrogen and oxygen atoms in total. The summed E-state index contributed by atoms with van der Waals surface area (Å²) in [5, 5.41) is 0.848. The molecule has 1 fully saturated rings. The van der Waals surface area contributed by atoms with Crippen LogP contribution in [0.5, 0.6) is 0 Å². The van der Waals surface area contributed by atoms with Crippen molar-refractivity contribution in [3.8, 4) is 0 Å². The summed E-state index contributed by atoms with van der Waals surface area (Å²) in [6.45, 7) is 4.34. The Morgan fingerprint density at radius 3 is 2.73 bits per heavy atom. The molecular weight excluding hydrogens is 206 g/mol. The summed E-state index contributed by atoms with van der Waals surface area (Å²) >= 11 is 6.09. The summed E-state index contributed by atoms with van der Waals surface area (Å²) < 4.78 is 0. The van der Waals surface area contributed by atoms with E-state index in [2.05, 4.69) is 19.9 Å². The largest absolute Gasteiger partial charge is 0.327 e. The number of hydrogen-bond donors (Lipinski definition) is 1. The van der Waals surface area contributed by atoms with Crippen LogP contribution in [0.2, 0.25) is 5.02 Å². The fourth-order valence-corrected chi connectivity index (χ4v) is 2.12. The molecule has 0 radical (unpaired) electrons. The number of benzene rings is 1. The van der Waals surface area contributed by atoms with Crippen molar-refractivity contribution >= 4 is 11.6 Å². The maximum atomic E-state index is 6.22. The van der Waals surface area contributed by atoms with E-state index >= 15 is 0 Å². The van der Waals surface area contributed by atoms with E-state index in [1.807, 2.05) is 12.1 Å². The van der Waals surface area contributed by atoms with E-state index < -0.39 is 0 Å². The van der Waals surface area contributed by atoms with Crippen LogP contribution in [0.4, 0.5) is 0 Å². The van der Waals surface area contributed by atoms with Gasteiger partial charge in [0.25, 0.3) is 0 Å². The van der Waals surface area contributed by atoms with Gasteiger partial charge < -0.3 is 5.73 Å². The average molecular weight is 224 g/mol. The van der Waals surface area contributed by atoms with E-state index in [-0.39, 0.29) is 6.04 Å². The first-order chi connectivity index (χ1) is 7.03. The minimum Gasteiger partial charge on any atom is -0.327 e. The summed E-state index contributed by atoms with van der Waals surface area (Å²) in [6.07, 6.45) is 3.49. The fraction of sp³-hybridized carbons (Fsp3) is 0.538. The van der Waals surface area contributed by atoms with Crippen LogP contribution in [-0.4, -0.2) is 6.04 Å². The van der Waals surface area contributed by atoms with E-state index in [4.69, 9.17) is 17.3 Å². The van der Waals surface area contributed by atoms with E-state index in [0.717, 1.165) is 11.4 Å². The van der Waals surface area contributed by atoms with Crippen LogP contribution in [0.1, 0.15) is 30.9 Å². The highest BCUT2D eigenvalue weighted by molar-refractivity contribution is 6.31. The zero-order valence-corrected chi connectivity index (χ0v) is 10.1. The molecule has 15 heavy (non-hydrogen) atoms. The third-order valence-corrected chi connectivity index (χ3v) is 4.16. The van der Waals surface area contributed by atoms with Crippen LogP contribution < -0.4 is 5.73 Å². The molecule has 1 aromatic rings. The minimum absolute atomic E-state index is 0.273. The lowest BCUT2D eigenvalue weighted by Gasteiger charge is -2.20. The fourth-order valence-electron chi connectivity index (χ4n) is 1.92. The Kier molecular flexibility index (Phi) is 2.78. The second kappa shape index (κ2) is 3.80. The topological polar surface area (TPSA) is 26.0 Å². The van der Waals surface area contributed by atoms with Crippen molar-refractivity contribution in [1.82, 2.24) is 0 Å². The Morgan fingerprint density at radius 1 is 1.47 bits per heavy atom. The zero-order chi connectivity index (χ0) is 11.1. The average Bonchev–Trinajstić information content (AvgIpc) is 2.93. The van der Waals surface area contributed by atoms with E-state index in [1.165, 1.54) is 24.0 Å². The smallest absolute Gasteiger partial charge is 0.0437 e. The van der Waals surface area contributed by atoms with Crippen LogP contribution in [0.3, 0.4) is 0 Å². The van der Waals surface area contributed by atoms with Gasteiger partial charge in [-0.25, -0.2) is 0 Å². The molecule has 1 unspecified atom stereocenters. The lowest BCUT2D eigenvalue weighted by Crippen LogP contribution is -2.32. The van der Waals surface area contributed by atoms with Crippen LogP contribution in [0.15, 0.2) is 18.2 Å². The van der Waals surface area contributed by atoms with E-state index in [9.17, 15) is 0 Å². The Hall–Kier alpha value is -0.530. The molecule has 2 N–H and O–H groups in total. The van der Waals surface area contributed by atoms with Crippen LogP contribution in [-0.2, 0) is 6.42 Å². The van der Waals surface area contributed by atoms with Gasteiger partial charge >= 0.3 is 0 Å². The normalized spacial score (nSPS) is 20.0. The SMILES string of the molecule is Cc1c(Cl)cccc1CC(N)C1(C)CC1. The molecule has 0 aromatic heterocycles. The molecule has 82 valence electrons. The zero-order valence-electron chi connectivity index (χ0n) is 9.39. The number of nitrogens with two attached hydrogens (primary N) is 1.